The maximum Gasteiger partial charge on any atom is 0.416 e. The Morgan fingerprint density at radius 1 is 1.08 bits per heavy atom. The molecule has 3 heterocycles. The van der Waals surface area contributed by atoms with Crippen molar-refractivity contribution >= 4 is 35.5 Å². The van der Waals surface area contributed by atoms with Crippen LogP contribution in [0.1, 0.15) is 25.8 Å². The number of aliphatic imine (C=N–C) groups is 1. The largest absolute Gasteiger partial charge is 0.467 e. The fourth-order valence-corrected chi connectivity index (χ4v) is 5.46. The molecule has 3 aliphatic rings. The third-order valence-corrected chi connectivity index (χ3v) is 6.82. The van der Waals surface area contributed by atoms with Crippen LogP contribution in [0.4, 0.5) is 10.5 Å². The lowest BCUT2D eigenvalue weighted by atomic mass is 9.69. The highest BCUT2D eigenvalue weighted by atomic mass is 16.6. The average Bonchev–Trinajstić information content (AvgIpc) is 3.41. The molecule has 3 aliphatic heterocycles. The minimum Gasteiger partial charge on any atom is -0.467 e. The van der Waals surface area contributed by atoms with Gasteiger partial charge in [0.05, 0.1) is 51.5 Å². The predicted octanol–water partition coefficient (Wildman–Crippen LogP) is 1.55. The van der Waals surface area contributed by atoms with Gasteiger partial charge in [-0.15, -0.1) is 5.92 Å². The van der Waals surface area contributed by atoms with E-state index in [0.29, 0.717) is 11.3 Å². The number of para-hydroxylation sites is 1. The summed E-state index contributed by atoms with van der Waals surface area (Å²) in [5.41, 5.74) is -0.167. The summed E-state index contributed by atoms with van der Waals surface area (Å²) in [6.45, 7) is 3.54. The molecule has 3 atom stereocenters. The highest BCUT2D eigenvalue weighted by molar-refractivity contribution is 6.16. The molecular formula is C26H27N3O8. The number of rotatable bonds is 5. The molecule has 11 heteroatoms. The highest BCUT2D eigenvalue weighted by Gasteiger charge is 2.68. The number of esters is 3. The second kappa shape index (κ2) is 9.97. The van der Waals surface area contributed by atoms with E-state index in [4.69, 9.17) is 18.9 Å². The number of anilines is 1. The molecule has 37 heavy (non-hydrogen) atoms. The summed E-state index contributed by atoms with van der Waals surface area (Å²) in [7, 11) is 3.57. The number of likely N-dealkylation sites (tertiary alicyclic amines) is 1. The number of carbonyl (C=O) groups is 4. The number of hydrogen-bond acceptors (Lipinski definition) is 10. The van der Waals surface area contributed by atoms with Gasteiger partial charge in [0.1, 0.15) is 11.9 Å². The summed E-state index contributed by atoms with van der Waals surface area (Å²) in [5.74, 6) is 3.58. The molecule has 1 spiro atoms. The highest BCUT2D eigenvalue weighted by Crippen LogP contribution is 2.57. The van der Waals surface area contributed by atoms with Gasteiger partial charge < -0.3 is 23.8 Å². The van der Waals surface area contributed by atoms with Crippen LogP contribution in [0.2, 0.25) is 0 Å². The fourth-order valence-electron chi connectivity index (χ4n) is 5.46. The van der Waals surface area contributed by atoms with Crippen LogP contribution in [0.5, 0.6) is 0 Å². The molecule has 0 bridgehead atoms. The van der Waals surface area contributed by atoms with Crippen molar-refractivity contribution in [2.45, 2.75) is 37.8 Å². The SMILES string of the molecule is CC#CCN1c2ccccc2[C@]23CC(C(=O)OC)N(C(=O)OCC)C2=NC(C(=O)OC)=C(C(=O)OC)C13. The van der Waals surface area contributed by atoms with Crippen LogP contribution in [0.15, 0.2) is 40.5 Å². The number of amidine groups is 1. The Morgan fingerprint density at radius 2 is 1.78 bits per heavy atom. The summed E-state index contributed by atoms with van der Waals surface area (Å²) in [6.07, 6.45) is -0.813. The van der Waals surface area contributed by atoms with Gasteiger partial charge in [-0.3, -0.25) is 0 Å². The Labute approximate surface area is 214 Å². The minimum atomic E-state index is -1.21. The van der Waals surface area contributed by atoms with E-state index in [1.54, 1.807) is 13.8 Å². The van der Waals surface area contributed by atoms with E-state index in [9.17, 15) is 19.2 Å². The van der Waals surface area contributed by atoms with Crippen LogP contribution in [0.25, 0.3) is 0 Å². The Bertz CT molecular complexity index is 1290. The first-order chi connectivity index (χ1) is 17.8. The van der Waals surface area contributed by atoms with Crippen molar-refractivity contribution in [3.05, 3.63) is 41.1 Å². The molecule has 4 rings (SSSR count). The van der Waals surface area contributed by atoms with E-state index in [-0.39, 0.29) is 36.7 Å². The normalized spacial score (nSPS) is 23.1. The van der Waals surface area contributed by atoms with Crippen LogP contribution in [0, 0.1) is 11.8 Å². The van der Waals surface area contributed by atoms with Crippen LogP contribution < -0.4 is 4.90 Å². The summed E-state index contributed by atoms with van der Waals surface area (Å²) in [5, 5.41) is 0. The Kier molecular flexibility index (Phi) is 6.94. The third-order valence-electron chi connectivity index (χ3n) is 6.82. The standard InChI is InChI=1S/C26H27N3O8/c1-6-8-13-28-16-12-10-9-11-15(16)26-14-17(21(30)34-3)29(25(33)37-7-2)24(26)27-19(23(32)36-5)18(20(26)28)22(31)35-4/h9-12,17,20H,7,13-14H2,1-5H3/t17?,20?,26-/m0/s1. The molecular weight excluding hydrogens is 482 g/mol. The zero-order valence-electron chi connectivity index (χ0n) is 21.2. The number of methoxy groups -OCH3 is 3. The van der Waals surface area contributed by atoms with Gasteiger partial charge in [0.2, 0.25) is 0 Å². The molecule has 1 aromatic carbocycles. The number of amides is 1. The summed E-state index contributed by atoms with van der Waals surface area (Å²) in [4.78, 5) is 60.0. The van der Waals surface area contributed by atoms with E-state index in [1.807, 2.05) is 29.2 Å². The lowest BCUT2D eigenvalue weighted by Crippen LogP contribution is -2.56. The van der Waals surface area contributed by atoms with Gasteiger partial charge in [-0.25, -0.2) is 29.1 Å². The molecule has 0 aromatic heterocycles. The van der Waals surface area contributed by atoms with Crippen LogP contribution in [0.3, 0.4) is 0 Å². The minimum absolute atomic E-state index is 0.0179. The van der Waals surface area contributed by atoms with Crippen molar-refractivity contribution in [2.24, 2.45) is 4.99 Å². The molecule has 2 unspecified atom stereocenters. The van der Waals surface area contributed by atoms with Crippen molar-refractivity contribution in [1.29, 1.82) is 0 Å². The Morgan fingerprint density at radius 3 is 2.41 bits per heavy atom. The van der Waals surface area contributed by atoms with E-state index in [1.165, 1.54) is 14.2 Å². The van der Waals surface area contributed by atoms with Gasteiger partial charge in [-0.1, -0.05) is 24.1 Å². The lowest BCUT2D eigenvalue weighted by molar-refractivity contribution is -0.144. The van der Waals surface area contributed by atoms with Gasteiger partial charge in [0, 0.05) is 5.69 Å². The molecule has 194 valence electrons. The molecule has 1 amide bonds. The summed E-state index contributed by atoms with van der Waals surface area (Å²) in [6, 6.07) is 5.31. The quantitative estimate of drug-likeness (QED) is 0.330. The molecule has 0 aliphatic carbocycles. The van der Waals surface area contributed by atoms with Gasteiger partial charge >= 0.3 is 24.0 Å². The van der Waals surface area contributed by atoms with Crippen LogP contribution in [-0.2, 0) is 38.7 Å². The topological polar surface area (TPSA) is 124 Å². The second-order valence-electron chi connectivity index (χ2n) is 8.44. The number of carbonyl (C=O) groups excluding carboxylic acids is 4. The third kappa shape index (κ3) is 3.71. The monoisotopic (exact) mass is 509 g/mol. The van der Waals surface area contributed by atoms with Crippen molar-refractivity contribution in [1.82, 2.24) is 4.90 Å². The fraction of sp³-hybridized carbons (Fsp3) is 0.423. The average molecular weight is 510 g/mol. The van der Waals surface area contributed by atoms with E-state index in [2.05, 4.69) is 16.8 Å². The Hall–Kier alpha value is -4.33. The summed E-state index contributed by atoms with van der Waals surface area (Å²) >= 11 is 0. The zero-order chi connectivity index (χ0) is 26.9. The number of fused-ring (bicyclic) bond motifs is 1. The van der Waals surface area contributed by atoms with E-state index in [0.717, 1.165) is 12.0 Å². The van der Waals surface area contributed by atoms with Crippen molar-refractivity contribution < 1.29 is 38.1 Å². The smallest absolute Gasteiger partial charge is 0.416 e. The zero-order valence-corrected chi connectivity index (χ0v) is 21.2. The molecule has 1 aromatic rings. The first-order valence-corrected chi connectivity index (χ1v) is 11.6. The summed E-state index contributed by atoms with van der Waals surface area (Å²) < 4.78 is 20.4. The first kappa shape index (κ1) is 25.8. The molecule has 0 N–H and O–H groups in total. The molecule has 1 saturated heterocycles. The van der Waals surface area contributed by atoms with E-state index >= 15 is 0 Å². The van der Waals surface area contributed by atoms with Crippen molar-refractivity contribution in [2.75, 3.05) is 39.4 Å². The molecule has 0 saturated carbocycles. The number of hydrogen-bond donors (Lipinski definition) is 0. The molecule has 0 radical (unpaired) electrons. The van der Waals surface area contributed by atoms with Crippen LogP contribution >= 0.6 is 0 Å². The number of nitrogens with zero attached hydrogens (tertiary/aromatic N) is 3. The van der Waals surface area contributed by atoms with E-state index < -0.39 is 41.5 Å². The molecule has 1 fully saturated rings. The van der Waals surface area contributed by atoms with Crippen molar-refractivity contribution in [3.8, 4) is 11.8 Å². The van der Waals surface area contributed by atoms with Gasteiger partial charge in [-0.2, -0.15) is 0 Å². The first-order valence-electron chi connectivity index (χ1n) is 11.6. The van der Waals surface area contributed by atoms with Gasteiger partial charge in [0.15, 0.2) is 5.70 Å². The number of ether oxygens (including phenoxy) is 4. The lowest BCUT2D eigenvalue weighted by Gasteiger charge is -2.40. The van der Waals surface area contributed by atoms with Gasteiger partial charge in [-0.05, 0) is 31.9 Å². The second-order valence-corrected chi connectivity index (χ2v) is 8.44. The molecule has 11 nitrogen and oxygen atoms in total. The maximum absolute atomic E-state index is 13.3. The predicted molar refractivity (Wildman–Crippen MR) is 130 cm³/mol. The number of benzene rings is 1. The Balaban J connectivity index is 2.11. The van der Waals surface area contributed by atoms with Gasteiger partial charge in [0.25, 0.3) is 0 Å². The van der Waals surface area contributed by atoms with Crippen LogP contribution in [-0.4, -0.2) is 81.3 Å². The maximum atomic E-state index is 13.3. The van der Waals surface area contributed by atoms with Crippen molar-refractivity contribution in [3.63, 3.8) is 0 Å².